The third kappa shape index (κ3) is 7.14. The summed E-state index contributed by atoms with van der Waals surface area (Å²) in [5.74, 6) is 0.0171. The van der Waals surface area contributed by atoms with Crippen molar-refractivity contribution in [3.63, 3.8) is 0 Å². The lowest BCUT2D eigenvalue weighted by Gasteiger charge is -2.33. The summed E-state index contributed by atoms with van der Waals surface area (Å²) in [4.78, 5) is 30.8. The SMILES string of the molecule is C=C/C=C(\C(=C)C)C(=O)c1ccc2c(c1)C(CCCC)(CCCC)c1cc([S+](c3ccccc3)c3ccc(C(=O)c4ccccc4)cc3)ccc1-2. The van der Waals surface area contributed by atoms with Crippen molar-refractivity contribution < 1.29 is 9.59 Å². The summed E-state index contributed by atoms with van der Waals surface area (Å²) in [6, 6.07) is 41.8. The van der Waals surface area contributed by atoms with Crippen molar-refractivity contribution in [2.75, 3.05) is 0 Å². The van der Waals surface area contributed by atoms with Crippen LogP contribution in [-0.4, -0.2) is 11.6 Å². The number of ketones is 2. The highest BCUT2D eigenvalue weighted by atomic mass is 32.2. The number of carbonyl (C=O) groups is 2. The maximum Gasteiger partial charge on any atom is 0.193 e. The molecule has 0 aromatic heterocycles. The predicted octanol–water partition coefficient (Wildman–Crippen LogP) is 12.5. The van der Waals surface area contributed by atoms with Crippen LogP contribution in [0.4, 0.5) is 0 Å². The van der Waals surface area contributed by atoms with Crippen LogP contribution in [0.5, 0.6) is 0 Å². The van der Waals surface area contributed by atoms with E-state index in [0.29, 0.717) is 22.3 Å². The average molecular weight is 688 g/mol. The molecule has 1 atom stereocenters. The molecule has 256 valence electrons. The van der Waals surface area contributed by atoms with Gasteiger partial charge in [-0.25, -0.2) is 0 Å². The number of fused-ring (bicyclic) bond motifs is 3. The lowest BCUT2D eigenvalue weighted by atomic mass is 9.70. The first kappa shape index (κ1) is 35.8. The molecule has 51 heavy (non-hydrogen) atoms. The molecule has 6 rings (SSSR count). The summed E-state index contributed by atoms with van der Waals surface area (Å²) in [6.45, 7) is 14.3. The Kier molecular flexibility index (Phi) is 11.2. The third-order valence-electron chi connectivity index (χ3n) is 10.1. The van der Waals surface area contributed by atoms with Gasteiger partial charge < -0.3 is 0 Å². The Morgan fingerprint density at radius 2 is 1.16 bits per heavy atom. The van der Waals surface area contributed by atoms with Gasteiger partial charge in [0.15, 0.2) is 26.3 Å². The average Bonchev–Trinajstić information content (AvgIpc) is 3.44. The van der Waals surface area contributed by atoms with E-state index < -0.39 is 10.9 Å². The van der Waals surface area contributed by atoms with Crippen molar-refractivity contribution >= 4 is 22.5 Å². The first-order valence-corrected chi connectivity index (χ1v) is 19.4. The molecule has 5 aromatic carbocycles. The fraction of sp³-hybridized carbons (Fsp3) is 0.208. The zero-order valence-corrected chi connectivity index (χ0v) is 30.9. The Balaban J connectivity index is 1.49. The van der Waals surface area contributed by atoms with Crippen molar-refractivity contribution in [1.29, 1.82) is 0 Å². The molecule has 0 N–H and O–H groups in total. The minimum absolute atomic E-state index is 0.0125. The molecule has 1 unspecified atom stereocenters. The van der Waals surface area contributed by atoms with E-state index in [9.17, 15) is 9.59 Å². The first-order valence-electron chi connectivity index (χ1n) is 18.1. The van der Waals surface area contributed by atoms with E-state index in [4.69, 9.17) is 0 Å². The van der Waals surface area contributed by atoms with Crippen LogP contribution in [0.1, 0.15) is 96.7 Å². The molecule has 2 nitrogen and oxygen atoms in total. The Morgan fingerprint density at radius 3 is 1.75 bits per heavy atom. The minimum Gasteiger partial charge on any atom is -0.289 e. The number of hydrogen-bond acceptors (Lipinski definition) is 2. The largest absolute Gasteiger partial charge is 0.289 e. The molecule has 0 amide bonds. The van der Waals surface area contributed by atoms with Crippen molar-refractivity contribution in [3.05, 3.63) is 186 Å². The molecule has 0 saturated carbocycles. The quantitative estimate of drug-likeness (QED) is 0.0475. The van der Waals surface area contributed by atoms with Gasteiger partial charge in [-0.15, -0.1) is 0 Å². The summed E-state index contributed by atoms with van der Waals surface area (Å²) in [7, 11) is -0.401. The summed E-state index contributed by atoms with van der Waals surface area (Å²) >= 11 is 0. The smallest absolute Gasteiger partial charge is 0.193 e. The zero-order chi connectivity index (χ0) is 36.0. The molecule has 0 saturated heterocycles. The van der Waals surface area contributed by atoms with Crippen molar-refractivity contribution in [2.24, 2.45) is 0 Å². The van der Waals surface area contributed by atoms with Crippen LogP contribution in [0, 0.1) is 0 Å². The van der Waals surface area contributed by atoms with E-state index >= 15 is 0 Å². The monoisotopic (exact) mass is 687 g/mol. The number of allylic oxidation sites excluding steroid dienone is 4. The van der Waals surface area contributed by atoms with E-state index in [2.05, 4.69) is 99.8 Å². The van der Waals surface area contributed by atoms with E-state index in [1.165, 1.54) is 36.9 Å². The minimum atomic E-state index is -0.401. The number of hydrogen-bond donors (Lipinski definition) is 0. The van der Waals surface area contributed by atoms with Crippen LogP contribution in [0.3, 0.4) is 0 Å². The lowest BCUT2D eigenvalue weighted by Crippen LogP contribution is -2.26. The van der Waals surface area contributed by atoms with E-state index in [1.807, 2.05) is 55.5 Å². The fourth-order valence-corrected chi connectivity index (χ4v) is 9.61. The summed E-state index contributed by atoms with van der Waals surface area (Å²) in [5.41, 5.74) is 8.34. The van der Waals surface area contributed by atoms with Gasteiger partial charge in [0, 0.05) is 27.7 Å². The highest BCUT2D eigenvalue weighted by Gasteiger charge is 2.44. The van der Waals surface area contributed by atoms with Crippen LogP contribution < -0.4 is 0 Å². The van der Waals surface area contributed by atoms with Crippen LogP contribution >= 0.6 is 0 Å². The maximum absolute atomic E-state index is 13.9. The van der Waals surface area contributed by atoms with Crippen LogP contribution in [0.25, 0.3) is 11.1 Å². The standard InChI is InChI=1S/C48H47O2S/c1-6-9-30-48(31-10-7-2)44-32-37(47(50)41(17-8-3)34(4)5)24-28-42(44)43-29-27-40(33-45(43)48)51(38-20-15-12-16-21-38)39-25-22-36(23-26-39)46(49)35-18-13-11-14-19-35/h8,11-29,32-33H,3-4,6-7,9-10,30-31H2,1-2,5H3/q+1/b41-17+. The second kappa shape index (κ2) is 15.9. The Morgan fingerprint density at radius 1 is 0.647 bits per heavy atom. The predicted molar refractivity (Wildman–Crippen MR) is 214 cm³/mol. The van der Waals surface area contributed by atoms with Gasteiger partial charge in [0.05, 0.1) is 10.9 Å². The summed E-state index contributed by atoms with van der Waals surface area (Å²) in [6.07, 6.45) is 9.88. The van der Waals surface area contributed by atoms with Crippen molar-refractivity contribution in [3.8, 4) is 11.1 Å². The van der Waals surface area contributed by atoms with Gasteiger partial charge in [-0.1, -0.05) is 126 Å². The molecule has 0 radical (unpaired) electrons. The van der Waals surface area contributed by atoms with Gasteiger partial charge in [0.2, 0.25) is 0 Å². The van der Waals surface area contributed by atoms with Crippen LogP contribution in [0.2, 0.25) is 0 Å². The number of rotatable bonds is 15. The lowest BCUT2D eigenvalue weighted by molar-refractivity contribution is 0.103. The van der Waals surface area contributed by atoms with Gasteiger partial charge in [-0.2, -0.15) is 0 Å². The molecule has 0 spiro atoms. The van der Waals surface area contributed by atoms with E-state index in [1.54, 1.807) is 12.2 Å². The van der Waals surface area contributed by atoms with Gasteiger partial charge in [-0.05, 0) is 108 Å². The molecule has 0 heterocycles. The molecule has 0 fully saturated rings. The number of benzene rings is 5. The second-order valence-corrected chi connectivity index (χ2v) is 15.5. The molecule has 0 aliphatic heterocycles. The van der Waals surface area contributed by atoms with Gasteiger partial charge in [0.1, 0.15) is 0 Å². The Bertz CT molecular complexity index is 2080. The fourth-order valence-electron chi connectivity index (χ4n) is 7.51. The van der Waals surface area contributed by atoms with Crippen molar-refractivity contribution in [1.82, 2.24) is 0 Å². The molecular weight excluding hydrogens is 641 g/mol. The number of carbonyl (C=O) groups excluding carboxylic acids is 2. The first-order chi connectivity index (χ1) is 24.8. The molecule has 1 aliphatic rings. The zero-order valence-electron chi connectivity index (χ0n) is 30.1. The highest BCUT2D eigenvalue weighted by Crippen LogP contribution is 2.55. The van der Waals surface area contributed by atoms with Gasteiger partial charge in [-0.3, -0.25) is 9.59 Å². The van der Waals surface area contributed by atoms with E-state index in [0.717, 1.165) is 44.1 Å². The number of unbranched alkanes of at least 4 members (excludes halogenated alkanes) is 2. The van der Waals surface area contributed by atoms with Crippen molar-refractivity contribution in [2.45, 2.75) is 79.4 Å². The van der Waals surface area contributed by atoms with E-state index in [-0.39, 0.29) is 17.0 Å². The van der Waals surface area contributed by atoms with Crippen LogP contribution in [-0.2, 0) is 16.3 Å². The normalized spacial score (nSPS) is 13.6. The topological polar surface area (TPSA) is 34.1 Å². The second-order valence-electron chi connectivity index (χ2n) is 13.5. The van der Waals surface area contributed by atoms with Crippen LogP contribution in [0.15, 0.2) is 172 Å². The molecule has 3 heteroatoms. The molecule has 5 aromatic rings. The summed E-state index contributed by atoms with van der Waals surface area (Å²) in [5, 5.41) is 0. The maximum atomic E-state index is 13.9. The Hall–Kier alpha value is -4.99. The summed E-state index contributed by atoms with van der Waals surface area (Å²) < 4.78 is 0. The number of Topliss-reactive ketones (excluding diaryl/α,β-unsaturated/α-hetero) is 1. The highest BCUT2D eigenvalue weighted by molar-refractivity contribution is 7.97. The molecule has 0 bridgehead atoms. The molecular formula is C48H47O2S+. The third-order valence-corrected chi connectivity index (χ3v) is 12.3. The van der Waals surface area contributed by atoms with Gasteiger partial charge >= 0.3 is 0 Å². The van der Waals surface area contributed by atoms with Gasteiger partial charge in [0.25, 0.3) is 0 Å². The molecule has 1 aliphatic carbocycles. The Labute approximate surface area is 307 Å².